The zero-order valence-corrected chi connectivity index (χ0v) is 24.4. The number of alkyl halides is 3. The summed E-state index contributed by atoms with van der Waals surface area (Å²) >= 11 is 13.5. The van der Waals surface area contributed by atoms with Crippen molar-refractivity contribution < 1.29 is 32.3 Å². The molecule has 7 nitrogen and oxygen atoms in total. The van der Waals surface area contributed by atoms with Gasteiger partial charge >= 0.3 is 12.1 Å². The normalized spacial score (nSPS) is 16.8. The number of aliphatic carboxylic acids is 1. The molecular weight excluding hydrogens is 631 g/mol. The van der Waals surface area contributed by atoms with Crippen LogP contribution in [0.3, 0.4) is 0 Å². The summed E-state index contributed by atoms with van der Waals surface area (Å²) in [4.78, 5) is 35.0. The Kier molecular flexibility index (Phi) is 8.91. The van der Waals surface area contributed by atoms with E-state index >= 15 is 0 Å². The number of aryl methyl sites for hydroxylation is 1. The largest absolute Gasteiger partial charge is 0.481 e. The number of carboxylic acids is 1. The van der Waals surface area contributed by atoms with Gasteiger partial charge in [-0.15, -0.1) is 11.3 Å². The molecule has 2 aromatic carbocycles. The number of carbonyl (C=O) groups is 2. The van der Waals surface area contributed by atoms with E-state index in [0.717, 1.165) is 23.0 Å². The zero-order valence-electron chi connectivity index (χ0n) is 22.0. The molecule has 0 saturated carbocycles. The van der Waals surface area contributed by atoms with Gasteiger partial charge in [-0.3, -0.25) is 14.9 Å². The van der Waals surface area contributed by atoms with E-state index in [9.17, 15) is 32.3 Å². The molecular formula is C29H22Cl2F4N4O3S. The van der Waals surface area contributed by atoms with Crippen LogP contribution in [-0.2, 0) is 17.4 Å². The molecule has 1 aliphatic heterocycles. The number of hydrogen-bond acceptors (Lipinski definition) is 6. The second-order valence-corrected chi connectivity index (χ2v) is 11.7. The van der Waals surface area contributed by atoms with E-state index in [1.54, 1.807) is 11.0 Å². The standard InChI is InChI=1S/C29H22Cl2F4N4O3S/c30-18-4-1-3-15(9-18)7-8-16-12-39(13-20(16)27(41)42)25-22(31)10-17(11-36-25)26(40)38-28-37-23(14-43-28)19-5-2-6-21(24(19)32)29(33,34)35/h1-6,9-11,14,16,20H,7-8,12-13H2,(H,41,42)(H,37,38,40). The molecule has 224 valence electrons. The van der Waals surface area contributed by atoms with Crippen LogP contribution in [0.5, 0.6) is 0 Å². The second kappa shape index (κ2) is 12.5. The molecule has 2 atom stereocenters. The number of carboxylic acid groups (broad SMARTS) is 1. The summed E-state index contributed by atoms with van der Waals surface area (Å²) in [6.07, 6.45) is -2.31. The molecule has 2 N–H and O–H groups in total. The van der Waals surface area contributed by atoms with Crippen molar-refractivity contribution in [3.8, 4) is 11.3 Å². The van der Waals surface area contributed by atoms with Crippen LogP contribution >= 0.6 is 34.5 Å². The molecule has 4 aromatic rings. The molecule has 2 aromatic heterocycles. The van der Waals surface area contributed by atoms with E-state index in [-0.39, 0.29) is 39.4 Å². The molecule has 14 heteroatoms. The molecule has 1 saturated heterocycles. The summed E-state index contributed by atoms with van der Waals surface area (Å²) in [7, 11) is 0. The predicted molar refractivity (Wildman–Crippen MR) is 156 cm³/mol. The number of benzene rings is 2. The van der Waals surface area contributed by atoms with Crippen LogP contribution in [0.25, 0.3) is 11.3 Å². The topological polar surface area (TPSA) is 95.4 Å². The number of amides is 1. The van der Waals surface area contributed by atoms with Crippen LogP contribution in [0.1, 0.15) is 27.9 Å². The molecule has 0 radical (unpaired) electrons. The maximum atomic E-state index is 14.5. The Labute approximate surface area is 257 Å². The molecule has 1 amide bonds. The smallest absolute Gasteiger partial charge is 0.419 e. The Morgan fingerprint density at radius 2 is 1.88 bits per heavy atom. The highest BCUT2D eigenvalue weighted by Crippen LogP contribution is 2.37. The third kappa shape index (κ3) is 6.92. The van der Waals surface area contributed by atoms with Crippen molar-refractivity contribution in [1.82, 2.24) is 9.97 Å². The number of anilines is 2. The third-order valence-electron chi connectivity index (χ3n) is 7.14. The maximum Gasteiger partial charge on any atom is 0.419 e. The molecule has 0 spiro atoms. The average molecular weight is 653 g/mol. The number of nitrogens with one attached hydrogen (secondary N) is 1. The van der Waals surface area contributed by atoms with E-state index in [1.807, 2.05) is 18.2 Å². The summed E-state index contributed by atoms with van der Waals surface area (Å²) in [6.45, 7) is 0.603. The van der Waals surface area contributed by atoms with E-state index in [0.29, 0.717) is 36.3 Å². The van der Waals surface area contributed by atoms with Gasteiger partial charge in [-0.1, -0.05) is 41.4 Å². The van der Waals surface area contributed by atoms with Gasteiger partial charge in [0.25, 0.3) is 5.91 Å². The Morgan fingerprint density at radius 1 is 1.12 bits per heavy atom. The number of nitrogens with zero attached hydrogens (tertiary/aromatic N) is 3. The van der Waals surface area contributed by atoms with Crippen LogP contribution in [0, 0.1) is 17.7 Å². The first-order valence-electron chi connectivity index (χ1n) is 12.9. The van der Waals surface area contributed by atoms with Gasteiger partial charge in [0, 0.05) is 35.3 Å². The third-order valence-corrected chi connectivity index (χ3v) is 8.41. The predicted octanol–water partition coefficient (Wildman–Crippen LogP) is 7.69. The number of pyridine rings is 1. The fraction of sp³-hybridized carbons (Fsp3) is 0.241. The van der Waals surface area contributed by atoms with Gasteiger partial charge in [0.2, 0.25) is 0 Å². The number of carbonyl (C=O) groups excluding carboxylic acids is 1. The SMILES string of the molecule is O=C(Nc1nc(-c2cccc(C(F)(F)F)c2F)cs1)c1cnc(N2CC(CCc3cccc(Cl)c3)C(C(=O)O)C2)c(Cl)c1. The minimum Gasteiger partial charge on any atom is -0.481 e. The number of halogens is 6. The lowest BCUT2D eigenvalue weighted by Crippen LogP contribution is -2.24. The second-order valence-electron chi connectivity index (χ2n) is 9.96. The van der Waals surface area contributed by atoms with Crippen molar-refractivity contribution in [3.05, 3.63) is 92.7 Å². The number of hydrogen-bond donors (Lipinski definition) is 2. The summed E-state index contributed by atoms with van der Waals surface area (Å²) in [5.74, 6) is -3.48. The van der Waals surface area contributed by atoms with Gasteiger partial charge in [-0.05, 0) is 54.7 Å². The summed E-state index contributed by atoms with van der Waals surface area (Å²) in [5.41, 5.74) is -0.750. The van der Waals surface area contributed by atoms with Gasteiger partial charge in [-0.2, -0.15) is 13.2 Å². The van der Waals surface area contributed by atoms with Crippen LogP contribution in [0.15, 0.2) is 60.1 Å². The minimum atomic E-state index is -4.87. The summed E-state index contributed by atoms with van der Waals surface area (Å²) in [5, 5.41) is 14.5. The molecule has 2 unspecified atom stereocenters. The fourth-order valence-corrected chi connectivity index (χ4v) is 6.23. The van der Waals surface area contributed by atoms with Crippen molar-refractivity contribution >= 4 is 57.4 Å². The van der Waals surface area contributed by atoms with Crippen molar-refractivity contribution in [2.75, 3.05) is 23.3 Å². The van der Waals surface area contributed by atoms with Gasteiger partial charge in [0.1, 0.15) is 11.6 Å². The Bertz CT molecular complexity index is 1680. The Hall–Kier alpha value is -3.74. The van der Waals surface area contributed by atoms with Crippen molar-refractivity contribution in [3.63, 3.8) is 0 Å². The Morgan fingerprint density at radius 3 is 2.58 bits per heavy atom. The molecule has 5 rings (SSSR count). The highest BCUT2D eigenvalue weighted by atomic mass is 35.5. The zero-order chi connectivity index (χ0) is 30.9. The minimum absolute atomic E-state index is 0.0309. The molecule has 0 bridgehead atoms. The quantitative estimate of drug-likeness (QED) is 0.190. The van der Waals surface area contributed by atoms with Gasteiger partial charge in [-0.25, -0.2) is 14.4 Å². The van der Waals surface area contributed by atoms with E-state index in [4.69, 9.17) is 23.2 Å². The average Bonchev–Trinajstić information content (AvgIpc) is 3.59. The van der Waals surface area contributed by atoms with E-state index in [2.05, 4.69) is 15.3 Å². The molecule has 3 heterocycles. The summed E-state index contributed by atoms with van der Waals surface area (Å²) in [6, 6.07) is 11.7. The maximum absolute atomic E-state index is 14.5. The van der Waals surface area contributed by atoms with Crippen molar-refractivity contribution in [1.29, 1.82) is 0 Å². The Balaban J connectivity index is 1.26. The van der Waals surface area contributed by atoms with E-state index in [1.165, 1.54) is 23.7 Å². The lowest BCUT2D eigenvalue weighted by atomic mass is 9.90. The van der Waals surface area contributed by atoms with Crippen LogP contribution in [0.4, 0.5) is 28.5 Å². The number of thiazole rings is 1. The molecule has 0 aliphatic carbocycles. The first-order valence-corrected chi connectivity index (χ1v) is 14.5. The van der Waals surface area contributed by atoms with Crippen LogP contribution < -0.4 is 10.2 Å². The monoisotopic (exact) mass is 652 g/mol. The number of aromatic nitrogens is 2. The van der Waals surface area contributed by atoms with Crippen molar-refractivity contribution in [2.45, 2.75) is 19.0 Å². The first kappa shape index (κ1) is 30.7. The van der Waals surface area contributed by atoms with Gasteiger partial charge in [0.15, 0.2) is 5.13 Å². The van der Waals surface area contributed by atoms with Crippen molar-refractivity contribution in [2.24, 2.45) is 11.8 Å². The highest BCUT2D eigenvalue weighted by Gasteiger charge is 2.39. The molecule has 43 heavy (non-hydrogen) atoms. The highest BCUT2D eigenvalue weighted by molar-refractivity contribution is 7.14. The lowest BCUT2D eigenvalue weighted by Gasteiger charge is -2.19. The van der Waals surface area contributed by atoms with Crippen LogP contribution in [-0.4, -0.2) is 40.0 Å². The lowest BCUT2D eigenvalue weighted by molar-refractivity contribution is -0.142. The van der Waals surface area contributed by atoms with Gasteiger partial charge in [0.05, 0.1) is 27.8 Å². The number of rotatable bonds is 8. The fourth-order valence-electron chi connectivity index (χ4n) is 5.02. The molecule has 1 fully saturated rings. The van der Waals surface area contributed by atoms with E-state index < -0.39 is 35.4 Å². The van der Waals surface area contributed by atoms with Crippen LogP contribution in [0.2, 0.25) is 10.0 Å². The first-order chi connectivity index (χ1) is 20.4. The molecule has 1 aliphatic rings. The van der Waals surface area contributed by atoms with Gasteiger partial charge < -0.3 is 10.0 Å². The summed E-state index contributed by atoms with van der Waals surface area (Å²) < 4.78 is 53.8.